The maximum Gasteiger partial charge on any atom is 0.231 e. The SMILES string of the molecule is COc1cc(CC(=O)Nc2cnn(Cc3c(C)noc3C)c2)cc2c1OCO2. The summed E-state index contributed by atoms with van der Waals surface area (Å²) in [5.74, 6) is 2.28. The normalized spacial score (nSPS) is 12.2. The average Bonchev–Trinajstić information content (AvgIpc) is 3.38. The molecular weight excluding hydrogens is 364 g/mol. The Bertz CT molecular complexity index is 1000. The molecule has 3 aromatic rings. The number of nitrogens with one attached hydrogen (secondary N) is 1. The first kappa shape index (κ1) is 17.9. The van der Waals surface area contributed by atoms with Gasteiger partial charge in [-0.1, -0.05) is 5.16 Å². The van der Waals surface area contributed by atoms with Crippen molar-refractivity contribution >= 4 is 11.6 Å². The van der Waals surface area contributed by atoms with Gasteiger partial charge in [0.2, 0.25) is 18.4 Å². The Balaban J connectivity index is 1.42. The molecule has 4 rings (SSSR count). The lowest BCUT2D eigenvalue weighted by atomic mass is 10.1. The smallest absolute Gasteiger partial charge is 0.231 e. The van der Waals surface area contributed by atoms with Gasteiger partial charge in [0, 0.05) is 11.8 Å². The molecule has 9 heteroatoms. The molecule has 0 atom stereocenters. The van der Waals surface area contributed by atoms with Gasteiger partial charge in [-0.15, -0.1) is 0 Å². The summed E-state index contributed by atoms with van der Waals surface area (Å²) >= 11 is 0. The second-order valence-corrected chi connectivity index (χ2v) is 6.49. The predicted molar refractivity (Wildman–Crippen MR) is 98.8 cm³/mol. The minimum atomic E-state index is -0.169. The summed E-state index contributed by atoms with van der Waals surface area (Å²) in [6.07, 6.45) is 3.54. The molecule has 1 N–H and O–H groups in total. The van der Waals surface area contributed by atoms with Crippen molar-refractivity contribution in [1.82, 2.24) is 14.9 Å². The molecule has 28 heavy (non-hydrogen) atoms. The molecule has 0 fully saturated rings. The lowest BCUT2D eigenvalue weighted by Gasteiger charge is -2.08. The molecule has 0 radical (unpaired) electrons. The molecule has 0 saturated heterocycles. The Hall–Kier alpha value is -3.49. The van der Waals surface area contributed by atoms with Gasteiger partial charge in [0.15, 0.2) is 11.5 Å². The zero-order valence-electron chi connectivity index (χ0n) is 15.8. The molecule has 1 aliphatic heterocycles. The van der Waals surface area contributed by atoms with Crippen LogP contribution in [0.25, 0.3) is 0 Å². The first-order chi connectivity index (χ1) is 13.5. The van der Waals surface area contributed by atoms with E-state index in [4.69, 9.17) is 18.7 Å². The van der Waals surface area contributed by atoms with Gasteiger partial charge in [0.1, 0.15) is 5.76 Å². The average molecular weight is 384 g/mol. The van der Waals surface area contributed by atoms with Crippen LogP contribution in [-0.4, -0.2) is 34.7 Å². The third-order valence-corrected chi connectivity index (χ3v) is 4.50. The van der Waals surface area contributed by atoms with E-state index in [9.17, 15) is 4.79 Å². The fourth-order valence-electron chi connectivity index (χ4n) is 3.08. The van der Waals surface area contributed by atoms with Gasteiger partial charge in [-0.3, -0.25) is 9.48 Å². The molecule has 2 aromatic heterocycles. The summed E-state index contributed by atoms with van der Waals surface area (Å²) < 4.78 is 23.0. The van der Waals surface area contributed by atoms with Crippen LogP contribution < -0.4 is 19.5 Å². The fraction of sp³-hybridized carbons (Fsp3) is 0.316. The summed E-state index contributed by atoms with van der Waals surface area (Å²) in [6, 6.07) is 3.55. The van der Waals surface area contributed by atoms with Crippen LogP contribution in [0.1, 0.15) is 22.6 Å². The van der Waals surface area contributed by atoms with E-state index in [1.54, 1.807) is 36.3 Å². The molecule has 0 saturated carbocycles. The molecule has 9 nitrogen and oxygen atoms in total. The van der Waals surface area contributed by atoms with E-state index in [-0.39, 0.29) is 19.1 Å². The molecular formula is C19H20N4O5. The number of benzene rings is 1. The quantitative estimate of drug-likeness (QED) is 0.697. The van der Waals surface area contributed by atoms with Gasteiger partial charge in [-0.05, 0) is 31.5 Å². The van der Waals surface area contributed by atoms with Gasteiger partial charge in [0.25, 0.3) is 0 Å². The van der Waals surface area contributed by atoms with E-state index in [1.165, 1.54) is 0 Å². The first-order valence-electron chi connectivity index (χ1n) is 8.74. The van der Waals surface area contributed by atoms with Crippen LogP contribution in [0.4, 0.5) is 5.69 Å². The molecule has 0 bridgehead atoms. The highest BCUT2D eigenvalue weighted by molar-refractivity contribution is 5.92. The van der Waals surface area contributed by atoms with Crippen molar-refractivity contribution in [1.29, 1.82) is 0 Å². The van der Waals surface area contributed by atoms with Crippen molar-refractivity contribution in [3.63, 3.8) is 0 Å². The third kappa shape index (κ3) is 3.51. The molecule has 0 unspecified atom stereocenters. The molecule has 3 heterocycles. The number of rotatable bonds is 6. The highest BCUT2D eigenvalue weighted by Gasteiger charge is 2.21. The van der Waals surface area contributed by atoms with Crippen LogP contribution in [0.3, 0.4) is 0 Å². The number of nitrogens with zero attached hydrogens (tertiary/aromatic N) is 3. The highest BCUT2D eigenvalue weighted by atomic mass is 16.7. The van der Waals surface area contributed by atoms with E-state index < -0.39 is 0 Å². The van der Waals surface area contributed by atoms with Gasteiger partial charge in [-0.2, -0.15) is 5.10 Å². The number of anilines is 1. The summed E-state index contributed by atoms with van der Waals surface area (Å²) in [5.41, 5.74) is 3.19. The highest BCUT2D eigenvalue weighted by Crippen LogP contribution is 2.41. The van der Waals surface area contributed by atoms with E-state index in [1.807, 2.05) is 13.8 Å². The van der Waals surface area contributed by atoms with E-state index in [0.29, 0.717) is 29.5 Å². The van der Waals surface area contributed by atoms with Crippen molar-refractivity contribution in [3.05, 3.63) is 47.1 Å². The summed E-state index contributed by atoms with van der Waals surface area (Å²) in [6.45, 7) is 4.42. The van der Waals surface area contributed by atoms with Crippen LogP contribution in [-0.2, 0) is 17.8 Å². The molecule has 1 amide bonds. The standard InChI is InChI=1S/C19H20N4O5/c1-11-15(12(2)28-22-11)9-23-8-14(7-20-23)21-18(24)6-13-4-16(25-3)19-17(5-13)26-10-27-19/h4-5,7-8H,6,9-10H2,1-3H3,(H,21,24). The van der Waals surface area contributed by atoms with Crippen molar-refractivity contribution < 1.29 is 23.5 Å². The Morgan fingerprint density at radius 1 is 1.32 bits per heavy atom. The fourth-order valence-corrected chi connectivity index (χ4v) is 3.08. The summed E-state index contributed by atoms with van der Waals surface area (Å²) in [7, 11) is 1.55. The Kier molecular flexibility index (Phi) is 4.64. The zero-order chi connectivity index (χ0) is 19.7. The minimum Gasteiger partial charge on any atom is -0.493 e. The Labute approximate surface area is 161 Å². The number of hydrogen-bond acceptors (Lipinski definition) is 7. The van der Waals surface area contributed by atoms with Crippen molar-refractivity contribution in [2.45, 2.75) is 26.8 Å². The Morgan fingerprint density at radius 2 is 2.18 bits per heavy atom. The number of aromatic nitrogens is 3. The molecule has 146 valence electrons. The van der Waals surface area contributed by atoms with Crippen LogP contribution in [0.15, 0.2) is 29.0 Å². The Morgan fingerprint density at radius 3 is 2.93 bits per heavy atom. The van der Waals surface area contributed by atoms with Gasteiger partial charge >= 0.3 is 0 Å². The lowest BCUT2D eigenvalue weighted by molar-refractivity contribution is -0.115. The molecule has 1 aromatic carbocycles. The van der Waals surface area contributed by atoms with E-state index >= 15 is 0 Å². The number of carbonyl (C=O) groups excluding carboxylic acids is 1. The van der Waals surface area contributed by atoms with E-state index in [0.717, 1.165) is 22.6 Å². The number of fused-ring (bicyclic) bond motifs is 1. The van der Waals surface area contributed by atoms with Crippen LogP contribution in [0.5, 0.6) is 17.2 Å². The number of ether oxygens (including phenoxy) is 3. The molecule has 1 aliphatic rings. The second-order valence-electron chi connectivity index (χ2n) is 6.49. The number of aryl methyl sites for hydroxylation is 2. The maximum absolute atomic E-state index is 12.4. The molecule has 0 spiro atoms. The number of carbonyl (C=O) groups is 1. The summed E-state index contributed by atoms with van der Waals surface area (Å²) in [5, 5.41) is 11.1. The van der Waals surface area contributed by atoms with Gasteiger partial charge in [-0.25, -0.2) is 0 Å². The van der Waals surface area contributed by atoms with Gasteiger partial charge < -0.3 is 24.1 Å². The van der Waals surface area contributed by atoms with Crippen molar-refractivity contribution in [3.8, 4) is 17.2 Å². The van der Waals surface area contributed by atoms with Crippen molar-refractivity contribution in [2.24, 2.45) is 0 Å². The van der Waals surface area contributed by atoms with Gasteiger partial charge in [0.05, 0.1) is 37.7 Å². The topological polar surface area (TPSA) is 101 Å². The third-order valence-electron chi connectivity index (χ3n) is 4.50. The number of methoxy groups -OCH3 is 1. The zero-order valence-corrected chi connectivity index (χ0v) is 15.8. The van der Waals surface area contributed by atoms with Crippen LogP contribution >= 0.6 is 0 Å². The van der Waals surface area contributed by atoms with E-state index in [2.05, 4.69) is 15.6 Å². The van der Waals surface area contributed by atoms with Crippen molar-refractivity contribution in [2.75, 3.05) is 19.2 Å². The monoisotopic (exact) mass is 384 g/mol. The first-order valence-corrected chi connectivity index (χ1v) is 8.74. The second kappa shape index (κ2) is 7.26. The summed E-state index contributed by atoms with van der Waals surface area (Å²) in [4.78, 5) is 12.4. The van der Waals surface area contributed by atoms with Crippen LogP contribution in [0, 0.1) is 13.8 Å². The number of hydrogen-bond donors (Lipinski definition) is 1. The van der Waals surface area contributed by atoms with Crippen LogP contribution in [0.2, 0.25) is 0 Å². The minimum absolute atomic E-state index is 0.145. The predicted octanol–water partition coefficient (Wildman–Crippen LogP) is 2.45. The lowest BCUT2D eigenvalue weighted by Crippen LogP contribution is -2.14. The number of amides is 1. The largest absolute Gasteiger partial charge is 0.493 e. The molecule has 0 aliphatic carbocycles. The maximum atomic E-state index is 12.4.